The van der Waals surface area contributed by atoms with E-state index in [1.807, 2.05) is 11.9 Å². The smallest absolute Gasteiger partial charge is 0.153 e. The average Bonchev–Trinajstić information content (AvgIpc) is 2.32. The van der Waals surface area contributed by atoms with Gasteiger partial charge in [0.1, 0.15) is 17.2 Å². The van der Waals surface area contributed by atoms with Crippen molar-refractivity contribution in [3.8, 4) is 0 Å². The minimum atomic E-state index is -0.332. The third-order valence-electron chi connectivity index (χ3n) is 3.32. The number of aromatic nitrogens is 2. The van der Waals surface area contributed by atoms with Crippen molar-refractivity contribution >= 4 is 23.2 Å². The highest BCUT2D eigenvalue weighted by Gasteiger charge is 2.28. The lowest BCUT2D eigenvalue weighted by atomic mass is 9.91. The number of rotatable bonds is 2. The summed E-state index contributed by atoms with van der Waals surface area (Å²) in [7, 11) is 1.88. The highest BCUT2D eigenvalue weighted by molar-refractivity contribution is 6.35. The average molecular weight is 257 g/mol. The van der Waals surface area contributed by atoms with Gasteiger partial charge >= 0.3 is 0 Å². The van der Waals surface area contributed by atoms with E-state index < -0.39 is 0 Å². The molecule has 6 heteroatoms. The van der Waals surface area contributed by atoms with Gasteiger partial charge in [-0.1, -0.05) is 24.4 Å². The molecule has 0 aromatic carbocycles. The van der Waals surface area contributed by atoms with Crippen LogP contribution in [0.15, 0.2) is 6.33 Å². The summed E-state index contributed by atoms with van der Waals surface area (Å²) < 4.78 is 0. The van der Waals surface area contributed by atoms with E-state index in [-0.39, 0.29) is 18.0 Å². The molecular formula is C11H17ClN4O. The standard InChI is InChI=1S/C11H17ClN4O/c1-16(7-4-2-3-5-8(7)17)11-9(12)10(13)14-6-15-11/h6-8,17H,2-5H2,1H3,(H2,13,14,15). The first-order chi connectivity index (χ1) is 8.11. The molecule has 1 heterocycles. The topological polar surface area (TPSA) is 75.3 Å². The number of nitrogens with two attached hydrogens (primary N) is 1. The lowest BCUT2D eigenvalue weighted by Gasteiger charge is -2.36. The molecule has 0 amide bonds. The van der Waals surface area contributed by atoms with E-state index in [0.717, 1.165) is 25.7 Å². The van der Waals surface area contributed by atoms with Crippen molar-refractivity contribution in [2.75, 3.05) is 17.7 Å². The normalized spacial score (nSPS) is 24.6. The zero-order valence-corrected chi connectivity index (χ0v) is 10.6. The molecule has 1 aliphatic rings. The molecule has 1 aliphatic carbocycles. The van der Waals surface area contributed by atoms with Gasteiger partial charge in [-0.2, -0.15) is 0 Å². The van der Waals surface area contributed by atoms with Crippen molar-refractivity contribution in [3.63, 3.8) is 0 Å². The SMILES string of the molecule is CN(c1ncnc(N)c1Cl)C1CCCCC1O. The first-order valence-electron chi connectivity index (χ1n) is 5.78. The zero-order valence-electron chi connectivity index (χ0n) is 9.80. The third-order valence-corrected chi connectivity index (χ3v) is 3.69. The van der Waals surface area contributed by atoms with Crippen molar-refractivity contribution in [1.29, 1.82) is 0 Å². The van der Waals surface area contributed by atoms with Crippen molar-refractivity contribution in [2.45, 2.75) is 37.8 Å². The second-order valence-electron chi connectivity index (χ2n) is 4.43. The third kappa shape index (κ3) is 2.45. The molecule has 0 spiro atoms. The Bertz CT molecular complexity index is 401. The minimum absolute atomic E-state index is 0.0514. The Morgan fingerprint density at radius 2 is 2.12 bits per heavy atom. The van der Waals surface area contributed by atoms with Gasteiger partial charge in [0.15, 0.2) is 5.82 Å². The van der Waals surface area contributed by atoms with Gasteiger partial charge in [-0.25, -0.2) is 9.97 Å². The second kappa shape index (κ2) is 5.06. The summed E-state index contributed by atoms with van der Waals surface area (Å²) in [6.07, 6.45) is 5.02. The number of halogens is 1. The summed E-state index contributed by atoms with van der Waals surface area (Å²) in [6.45, 7) is 0. The summed E-state index contributed by atoms with van der Waals surface area (Å²) >= 11 is 6.08. The van der Waals surface area contributed by atoms with Gasteiger partial charge in [-0.15, -0.1) is 0 Å². The molecule has 0 bridgehead atoms. The summed E-state index contributed by atoms with van der Waals surface area (Å²) in [4.78, 5) is 9.88. The van der Waals surface area contributed by atoms with Crippen LogP contribution in [0.3, 0.4) is 0 Å². The molecule has 1 fully saturated rings. The Morgan fingerprint density at radius 1 is 1.41 bits per heavy atom. The quantitative estimate of drug-likeness (QED) is 0.838. The summed E-state index contributed by atoms with van der Waals surface area (Å²) in [5.41, 5.74) is 5.65. The largest absolute Gasteiger partial charge is 0.391 e. The van der Waals surface area contributed by atoms with E-state index in [0.29, 0.717) is 10.8 Å². The Morgan fingerprint density at radius 3 is 2.82 bits per heavy atom. The van der Waals surface area contributed by atoms with Gasteiger partial charge in [0.2, 0.25) is 0 Å². The number of likely N-dealkylation sites (N-methyl/N-ethyl adjacent to an activating group) is 1. The van der Waals surface area contributed by atoms with Crippen LogP contribution in [0.2, 0.25) is 5.02 Å². The fourth-order valence-corrected chi connectivity index (χ4v) is 2.55. The van der Waals surface area contributed by atoms with E-state index in [1.54, 1.807) is 0 Å². The Hall–Kier alpha value is -1.07. The number of aliphatic hydroxyl groups is 1. The van der Waals surface area contributed by atoms with Crippen molar-refractivity contribution in [1.82, 2.24) is 9.97 Å². The van der Waals surface area contributed by atoms with E-state index >= 15 is 0 Å². The maximum absolute atomic E-state index is 10.0. The van der Waals surface area contributed by atoms with Gasteiger partial charge in [0.25, 0.3) is 0 Å². The van der Waals surface area contributed by atoms with Gasteiger partial charge in [0, 0.05) is 7.05 Å². The molecule has 17 heavy (non-hydrogen) atoms. The number of hydrogen-bond acceptors (Lipinski definition) is 5. The Labute approximate surface area is 106 Å². The first-order valence-corrected chi connectivity index (χ1v) is 6.16. The number of nitrogens with zero attached hydrogens (tertiary/aromatic N) is 3. The molecule has 2 atom stereocenters. The molecule has 94 valence electrons. The van der Waals surface area contributed by atoms with Crippen LogP contribution >= 0.6 is 11.6 Å². The molecule has 2 rings (SSSR count). The van der Waals surface area contributed by atoms with Gasteiger partial charge in [-0.05, 0) is 12.8 Å². The molecule has 0 radical (unpaired) electrons. The predicted octanol–water partition coefficient (Wildman–Crippen LogP) is 1.45. The molecule has 3 N–H and O–H groups in total. The van der Waals surface area contributed by atoms with Gasteiger partial charge in [-0.3, -0.25) is 0 Å². The molecule has 0 saturated heterocycles. The van der Waals surface area contributed by atoms with Gasteiger partial charge in [0.05, 0.1) is 12.1 Å². The second-order valence-corrected chi connectivity index (χ2v) is 4.80. The van der Waals surface area contributed by atoms with Crippen LogP contribution in [0.5, 0.6) is 0 Å². The zero-order chi connectivity index (χ0) is 12.4. The molecular weight excluding hydrogens is 240 g/mol. The molecule has 5 nitrogen and oxygen atoms in total. The van der Waals surface area contributed by atoms with Crippen LogP contribution < -0.4 is 10.6 Å². The molecule has 2 unspecified atom stereocenters. The fraction of sp³-hybridized carbons (Fsp3) is 0.636. The number of aliphatic hydroxyl groups excluding tert-OH is 1. The number of hydrogen-bond donors (Lipinski definition) is 2. The van der Waals surface area contributed by atoms with Crippen LogP contribution in [0, 0.1) is 0 Å². The monoisotopic (exact) mass is 256 g/mol. The van der Waals surface area contributed by atoms with Crippen molar-refractivity contribution in [2.24, 2.45) is 0 Å². The van der Waals surface area contributed by atoms with E-state index in [9.17, 15) is 5.11 Å². The lowest BCUT2D eigenvalue weighted by Crippen LogP contribution is -2.44. The molecule has 1 aromatic heterocycles. The van der Waals surface area contributed by atoms with E-state index in [2.05, 4.69) is 9.97 Å². The first kappa shape index (κ1) is 12.4. The van der Waals surface area contributed by atoms with Crippen LogP contribution in [-0.2, 0) is 0 Å². The van der Waals surface area contributed by atoms with Crippen LogP contribution in [0.4, 0.5) is 11.6 Å². The fourth-order valence-electron chi connectivity index (χ4n) is 2.32. The minimum Gasteiger partial charge on any atom is -0.391 e. The van der Waals surface area contributed by atoms with Crippen molar-refractivity contribution in [3.05, 3.63) is 11.3 Å². The Kier molecular flexibility index (Phi) is 3.69. The van der Waals surface area contributed by atoms with Crippen LogP contribution in [0.1, 0.15) is 25.7 Å². The highest BCUT2D eigenvalue weighted by Crippen LogP contribution is 2.31. The number of anilines is 2. The molecule has 1 saturated carbocycles. The summed E-state index contributed by atoms with van der Waals surface area (Å²) in [5, 5.41) is 10.4. The maximum Gasteiger partial charge on any atom is 0.153 e. The summed E-state index contributed by atoms with van der Waals surface area (Å²) in [5.74, 6) is 0.860. The highest BCUT2D eigenvalue weighted by atomic mass is 35.5. The van der Waals surface area contributed by atoms with Gasteiger partial charge < -0.3 is 15.7 Å². The van der Waals surface area contributed by atoms with E-state index in [1.165, 1.54) is 6.33 Å². The maximum atomic E-state index is 10.0. The number of nitrogen functional groups attached to an aromatic ring is 1. The van der Waals surface area contributed by atoms with E-state index in [4.69, 9.17) is 17.3 Å². The van der Waals surface area contributed by atoms with Crippen LogP contribution in [0.25, 0.3) is 0 Å². The van der Waals surface area contributed by atoms with Crippen molar-refractivity contribution < 1.29 is 5.11 Å². The molecule has 0 aliphatic heterocycles. The Balaban J connectivity index is 2.23. The summed E-state index contributed by atoms with van der Waals surface area (Å²) in [6, 6.07) is 0.0514. The van der Waals surface area contributed by atoms with Crippen LogP contribution in [-0.4, -0.2) is 34.3 Å². The predicted molar refractivity (Wildman–Crippen MR) is 68.1 cm³/mol. The molecule has 1 aromatic rings. The lowest BCUT2D eigenvalue weighted by molar-refractivity contribution is 0.106.